The number of methoxy groups -OCH3 is 1. The Labute approximate surface area is 162 Å². The maximum Gasteiger partial charge on any atom is 0.411 e. The Bertz CT molecular complexity index is 968. The number of amides is 1. The summed E-state index contributed by atoms with van der Waals surface area (Å²) in [5.74, 6) is 2.02. The summed E-state index contributed by atoms with van der Waals surface area (Å²) in [6.45, 7) is 6.03. The number of benzene rings is 1. The summed E-state index contributed by atoms with van der Waals surface area (Å²) in [4.78, 5) is 20.3. The van der Waals surface area contributed by atoms with Crippen LogP contribution in [0.5, 0.6) is 0 Å². The Morgan fingerprint density at radius 1 is 1.11 bits per heavy atom. The van der Waals surface area contributed by atoms with Gasteiger partial charge in [-0.05, 0) is 30.5 Å². The Hall–Kier alpha value is -3.62. The molecule has 1 amide bonds. The van der Waals surface area contributed by atoms with Crippen LogP contribution >= 0.6 is 0 Å². The fourth-order valence-electron chi connectivity index (χ4n) is 2.65. The zero-order chi connectivity index (χ0) is 20.1. The molecule has 146 valence electrons. The average Bonchev–Trinajstić information content (AvgIpc) is 3.06. The number of hydrogen-bond acceptors (Lipinski definition) is 7. The number of nitrogens with zero attached hydrogens (tertiary/aromatic N) is 3. The lowest BCUT2D eigenvalue weighted by atomic mass is 10.0. The maximum absolute atomic E-state index is 11.7. The summed E-state index contributed by atoms with van der Waals surface area (Å²) in [5, 5.41) is 16.0. The van der Waals surface area contributed by atoms with Crippen molar-refractivity contribution < 1.29 is 9.53 Å². The van der Waals surface area contributed by atoms with Gasteiger partial charge in [0.05, 0.1) is 19.5 Å². The minimum absolute atomic E-state index is 0.242. The molecule has 2 aromatic heterocycles. The topological polar surface area (TPSA) is 117 Å². The molecule has 0 aliphatic heterocycles. The van der Waals surface area contributed by atoms with E-state index in [1.807, 2.05) is 31.2 Å². The van der Waals surface area contributed by atoms with Crippen molar-refractivity contribution in [3.05, 3.63) is 47.9 Å². The van der Waals surface area contributed by atoms with Crippen molar-refractivity contribution in [2.75, 3.05) is 23.1 Å². The fourth-order valence-corrected chi connectivity index (χ4v) is 2.65. The van der Waals surface area contributed by atoms with E-state index in [1.54, 1.807) is 12.4 Å². The molecule has 0 atom stereocenters. The molecule has 0 spiro atoms. The van der Waals surface area contributed by atoms with E-state index >= 15 is 0 Å². The van der Waals surface area contributed by atoms with Crippen LogP contribution in [0.15, 0.2) is 36.7 Å². The molecule has 3 rings (SSSR count). The number of aromatic nitrogens is 4. The summed E-state index contributed by atoms with van der Waals surface area (Å²) in [5.41, 5.74) is 3.39. The van der Waals surface area contributed by atoms with Crippen molar-refractivity contribution in [3.63, 3.8) is 0 Å². The first-order chi connectivity index (χ1) is 13.4. The number of aryl methyl sites for hydroxylation is 1. The second-order valence-corrected chi connectivity index (χ2v) is 6.55. The van der Waals surface area contributed by atoms with Crippen LogP contribution in [0.3, 0.4) is 0 Å². The molecule has 28 heavy (non-hydrogen) atoms. The normalized spacial score (nSPS) is 10.6. The van der Waals surface area contributed by atoms with Gasteiger partial charge >= 0.3 is 6.09 Å². The lowest BCUT2D eigenvalue weighted by Gasteiger charge is -2.15. The standard InChI is InChI=1S/C19H23N7O2/c1-11(2)14-6-5-13(8-15(14)22-19(27)28-4)21-17-9-20-10-18(24-17)23-16-7-12(3)25-26-16/h5-11H,1-4H3,(H,22,27)(H3,21,23,24,25,26). The lowest BCUT2D eigenvalue weighted by molar-refractivity contribution is 0.187. The lowest BCUT2D eigenvalue weighted by Crippen LogP contribution is -2.13. The Morgan fingerprint density at radius 3 is 2.50 bits per heavy atom. The van der Waals surface area contributed by atoms with Gasteiger partial charge in [0.1, 0.15) is 0 Å². The molecule has 3 aromatic rings. The molecule has 0 aliphatic rings. The number of aromatic amines is 1. The fraction of sp³-hybridized carbons (Fsp3) is 0.263. The third-order valence-corrected chi connectivity index (χ3v) is 3.97. The van der Waals surface area contributed by atoms with Crippen LogP contribution in [0, 0.1) is 6.92 Å². The van der Waals surface area contributed by atoms with E-state index in [-0.39, 0.29) is 5.92 Å². The van der Waals surface area contributed by atoms with Gasteiger partial charge in [-0.25, -0.2) is 9.78 Å². The molecule has 2 heterocycles. The average molecular weight is 381 g/mol. The van der Waals surface area contributed by atoms with Crippen LogP contribution in [-0.4, -0.2) is 33.4 Å². The number of H-pyrrole nitrogens is 1. The first-order valence-corrected chi connectivity index (χ1v) is 8.81. The van der Waals surface area contributed by atoms with Gasteiger partial charge in [0.15, 0.2) is 17.5 Å². The second kappa shape index (κ2) is 8.38. The van der Waals surface area contributed by atoms with Crippen LogP contribution in [0.4, 0.5) is 33.6 Å². The highest BCUT2D eigenvalue weighted by molar-refractivity contribution is 5.87. The minimum atomic E-state index is -0.515. The quantitative estimate of drug-likeness (QED) is 0.503. The van der Waals surface area contributed by atoms with Crippen LogP contribution in [-0.2, 0) is 4.74 Å². The summed E-state index contributed by atoms with van der Waals surface area (Å²) in [7, 11) is 1.33. The highest BCUT2D eigenvalue weighted by Gasteiger charge is 2.11. The van der Waals surface area contributed by atoms with Gasteiger partial charge in [-0.3, -0.25) is 15.4 Å². The number of rotatable bonds is 6. The highest BCUT2D eigenvalue weighted by atomic mass is 16.5. The van der Waals surface area contributed by atoms with Gasteiger partial charge in [0.2, 0.25) is 0 Å². The predicted octanol–water partition coefficient (Wildman–Crippen LogP) is 4.30. The van der Waals surface area contributed by atoms with Gasteiger partial charge in [0.25, 0.3) is 0 Å². The van der Waals surface area contributed by atoms with Crippen molar-refractivity contribution in [3.8, 4) is 0 Å². The molecule has 0 radical (unpaired) electrons. The number of anilines is 5. The summed E-state index contributed by atoms with van der Waals surface area (Å²) < 4.78 is 4.71. The van der Waals surface area contributed by atoms with E-state index in [1.165, 1.54) is 7.11 Å². The van der Waals surface area contributed by atoms with Crippen molar-refractivity contribution >= 4 is 34.9 Å². The van der Waals surface area contributed by atoms with Crippen LogP contribution in [0.1, 0.15) is 31.0 Å². The smallest absolute Gasteiger partial charge is 0.411 e. The van der Waals surface area contributed by atoms with Gasteiger partial charge in [-0.15, -0.1) is 0 Å². The zero-order valence-electron chi connectivity index (χ0n) is 16.2. The largest absolute Gasteiger partial charge is 0.453 e. The predicted molar refractivity (Wildman–Crippen MR) is 108 cm³/mol. The second-order valence-electron chi connectivity index (χ2n) is 6.55. The van der Waals surface area contributed by atoms with Crippen LogP contribution in [0.2, 0.25) is 0 Å². The molecule has 0 aliphatic carbocycles. The summed E-state index contributed by atoms with van der Waals surface area (Å²) in [6.07, 6.45) is 2.71. The van der Waals surface area contributed by atoms with E-state index in [2.05, 4.69) is 50.0 Å². The molecule has 0 fully saturated rings. The van der Waals surface area contributed by atoms with Gasteiger partial charge in [-0.1, -0.05) is 19.9 Å². The molecular weight excluding hydrogens is 358 g/mol. The third kappa shape index (κ3) is 4.76. The third-order valence-electron chi connectivity index (χ3n) is 3.97. The van der Waals surface area contributed by atoms with Crippen molar-refractivity contribution in [2.45, 2.75) is 26.7 Å². The first-order valence-electron chi connectivity index (χ1n) is 8.81. The van der Waals surface area contributed by atoms with Crippen LogP contribution in [0.25, 0.3) is 0 Å². The van der Waals surface area contributed by atoms with Crippen molar-refractivity contribution in [2.24, 2.45) is 0 Å². The SMILES string of the molecule is COC(=O)Nc1cc(Nc2cncc(Nc3cc(C)[nH]n3)n2)ccc1C(C)C. The number of hydrogen-bond donors (Lipinski definition) is 4. The van der Waals surface area contributed by atoms with Crippen molar-refractivity contribution in [1.82, 2.24) is 20.2 Å². The highest BCUT2D eigenvalue weighted by Crippen LogP contribution is 2.29. The summed E-state index contributed by atoms with van der Waals surface area (Å²) in [6, 6.07) is 7.60. The molecule has 0 bridgehead atoms. The molecule has 9 heteroatoms. The first kappa shape index (κ1) is 19.2. The molecule has 1 aromatic carbocycles. The van der Waals surface area contributed by atoms with E-state index < -0.39 is 6.09 Å². The maximum atomic E-state index is 11.7. The Kier molecular flexibility index (Phi) is 5.73. The Balaban J connectivity index is 1.80. The summed E-state index contributed by atoms with van der Waals surface area (Å²) >= 11 is 0. The minimum Gasteiger partial charge on any atom is -0.453 e. The zero-order valence-corrected chi connectivity index (χ0v) is 16.2. The van der Waals surface area contributed by atoms with Crippen LogP contribution < -0.4 is 16.0 Å². The van der Waals surface area contributed by atoms with E-state index in [0.717, 1.165) is 16.9 Å². The molecule has 0 unspecified atom stereocenters. The van der Waals surface area contributed by atoms with Crippen molar-refractivity contribution in [1.29, 1.82) is 0 Å². The number of nitrogens with one attached hydrogen (secondary N) is 4. The number of ether oxygens (including phenoxy) is 1. The van der Waals surface area contributed by atoms with Gasteiger partial charge < -0.3 is 15.4 Å². The Morgan fingerprint density at radius 2 is 1.86 bits per heavy atom. The van der Waals surface area contributed by atoms with E-state index in [0.29, 0.717) is 23.1 Å². The molecule has 0 saturated heterocycles. The van der Waals surface area contributed by atoms with E-state index in [4.69, 9.17) is 4.74 Å². The number of carbonyl (C=O) groups excluding carboxylic acids is 1. The molecular formula is C19H23N7O2. The molecule has 0 saturated carbocycles. The molecule has 9 nitrogen and oxygen atoms in total. The molecule has 4 N–H and O–H groups in total. The van der Waals surface area contributed by atoms with E-state index in [9.17, 15) is 4.79 Å². The van der Waals surface area contributed by atoms with Gasteiger partial charge in [0, 0.05) is 23.1 Å². The number of carbonyl (C=O) groups is 1. The van der Waals surface area contributed by atoms with Gasteiger partial charge in [-0.2, -0.15) is 5.10 Å². The monoisotopic (exact) mass is 381 g/mol.